The minimum absolute atomic E-state index is 0.941. The summed E-state index contributed by atoms with van der Waals surface area (Å²) in [4.78, 5) is 1.02. The molecule has 1 aromatic carbocycles. The number of benzene rings is 1. The van der Waals surface area contributed by atoms with Crippen molar-refractivity contribution in [1.82, 2.24) is 0 Å². The molecule has 0 aliphatic rings. The smallest absolute Gasteiger partial charge is 0.174 e. The molecule has 0 aliphatic heterocycles. The van der Waals surface area contributed by atoms with Gasteiger partial charge in [0.2, 0.25) is 0 Å². The van der Waals surface area contributed by atoms with Crippen LogP contribution in [0.2, 0.25) is 0 Å². The Balaban J connectivity index is 2.75. The molecule has 0 unspecified atom stereocenters. The average molecular weight is 210 g/mol. The quantitative estimate of drug-likeness (QED) is 0.709. The molecule has 0 spiro atoms. The van der Waals surface area contributed by atoms with E-state index in [1.807, 2.05) is 6.07 Å². The van der Waals surface area contributed by atoms with Gasteiger partial charge in [-0.2, -0.15) is 0 Å². The Hall–Kier alpha value is -0.670. The molecule has 1 aromatic heterocycles. The van der Waals surface area contributed by atoms with Crippen LogP contribution in [0.4, 0.5) is 0 Å². The summed E-state index contributed by atoms with van der Waals surface area (Å²) in [6.07, 6.45) is 0. The summed E-state index contributed by atoms with van der Waals surface area (Å²) < 4.78 is 6.42. The maximum atomic E-state index is 5.18. The van der Waals surface area contributed by atoms with Crippen LogP contribution < -0.4 is 4.74 Å². The third kappa shape index (κ3) is 1.54. The third-order valence-electron chi connectivity index (χ3n) is 1.94. The van der Waals surface area contributed by atoms with Gasteiger partial charge in [-0.05, 0) is 24.6 Å². The van der Waals surface area contributed by atoms with Crippen LogP contribution in [0, 0.1) is 6.92 Å². The molecule has 3 heteroatoms. The minimum atomic E-state index is 0.941. The van der Waals surface area contributed by atoms with Crippen LogP contribution in [0.25, 0.3) is 10.1 Å². The van der Waals surface area contributed by atoms with E-state index in [4.69, 9.17) is 4.74 Å². The highest BCUT2D eigenvalue weighted by Gasteiger charge is 2.04. The summed E-state index contributed by atoms with van der Waals surface area (Å²) >= 11 is 6.08. The summed E-state index contributed by atoms with van der Waals surface area (Å²) in [6, 6.07) is 6.25. The Morgan fingerprint density at radius 2 is 2.08 bits per heavy atom. The van der Waals surface area contributed by atoms with Crippen LogP contribution in [0.3, 0.4) is 0 Å². The lowest BCUT2D eigenvalue weighted by atomic mass is 10.2. The average Bonchev–Trinajstić information content (AvgIpc) is 2.47. The minimum Gasteiger partial charge on any atom is -0.487 e. The number of hydrogen-bond donors (Lipinski definition) is 1. The Bertz CT molecular complexity index is 445. The number of ether oxygens (including phenoxy) is 1. The molecule has 68 valence electrons. The summed E-state index contributed by atoms with van der Waals surface area (Å²) in [7, 11) is 1.69. The molecule has 13 heavy (non-hydrogen) atoms. The summed E-state index contributed by atoms with van der Waals surface area (Å²) in [5, 5.41) is 2.12. The Morgan fingerprint density at radius 3 is 2.77 bits per heavy atom. The second-order valence-electron chi connectivity index (χ2n) is 2.97. The van der Waals surface area contributed by atoms with Crippen molar-refractivity contribution in [2.75, 3.05) is 7.11 Å². The topological polar surface area (TPSA) is 9.23 Å². The molecule has 0 bridgehead atoms. The number of fused-ring (bicyclic) bond motifs is 1. The van der Waals surface area contributed by atoms with Gasteiger partial charge >= 0.3 is 0 Å². The molecule has 0 radical (unpaired) electrons. The molecule has 0 saturated carbocycles. The van der Waals surface area contributed by atoms with Gasteiger partial charge < -0.3 is 4.74 Å². The van der Waals surface area contributed by atoms with E-state index in [0.717, 1.165) is 9.96 Å². The monoisotopic (exact) mass is 210 g/mol. The van der Waals surface area contributed by atoms with Crippen LogP contribution in [0.15, 0.2) is 23.1 Å². The van der Waals surface area contributed by atoms with Crippen molar-refractivity contribution in [3.63, 3.8) is 0 Å². The fourth-order valence-electron chi connectivity index (χ4n) is 1.33. The number of methoxy groups -OCH3 is 1. The molecule has 1 heterocycles. The van der Waals surface area contributed by atoms with E-state index in [9.17, 15) is 0 Å². The van der Waals surface area contributed by atoms with Crippen molar-refractivity contribution in [2.24, 2.45) is 0 Å². The van der Waals surface area contributed by atoms with Crippen molar-refractivity contribution < 1.29 is 4.74 Å². The number of hydrogen-bond acceptors (Lipinski definition) is 3. The maximum absolute atomic E-state index is 5.18. The van der Waals surface area contributed by atoms with E-state index >= 15 is 0 Å². The van der Waals surface area contributed by atoms with Gasteiger partial charge in [-0.15, -0.1) is 12.6 Å². The normalized spacial score (nSPS) is 10.7. The largest absolute Gasteiger partial charge is 0.487 e. The van der Waals surface area contributed by atoms with Gasteiger partial charge in [0.1, 0.15) is 0 Å². The van der Waals surface area contributed by atoms with E-state index in [0.29, 0.717) is 0 Å². The first-order chi connectivity index (χ1) is 6.20. The van der Waals surface area contributed by atoms with Gasteiger partial charge in [0.15, 0.2) is 5.06 Å². The van der Waals surface area contributed by atoms with Gasteiger partial charge in [0.05, 0.1) is 7.11 Å². The van der Waals surface area contributed by atoms with Crippen molar-refractivity contribution in [2.45, 2.75) is 11.8 Å². The first-order valence-corrected chi connectivity index (χ1v) is 5.24. The van der Waals surface area contributed by atoms with E-state index in [-0.39, 0.29) is 0 Å². The highest BCUT2D eigenvalue weighted by molar-refractivity contribution is 7.80. The molecule has 0 N–H and O–H groups in total. The third-order valence-corrected chi connectivity index (χ3v) is 3.35. The first-order valence-electron chi connectivity index (χ1n) is 3.98. The standard InChI is InChI=1S/C10H10OS2/c1-6-3-8(12)7-5-10(11-2)13-9(7)4-6/h3-5,12H,1-2H3. The molecule has 1 nitrogen and oxygen atoms in total. The van der Waals surface area contributed by atoms with Crippen LogP contribution in [0.1, 0.15) is 5.56 Å². The molecule has 0 aliphatic carbocycles. The highest BCUT2D eigenvalue weighted by atomic mass is 32.1. The fraction of sp³-hybridized carbons (Fsp3) is 0.200. The van der Waals surface area contributed by atoms with Crippen molar-refractivity contribution >= 4 is 34.1 Å². The summed E-state index contributed by atoms with van der Waals surface area (Å²) in [6.45, 7) is 2.07. The molecule has 0 saturated heterocycles. The van der Waals surface area contributed by atoms with E-state index < -0.39 is 0 Å². The van der Waals surface area contributed by atoms with Crippen molar-refractivity contribution in [1.29, 1.82) is 0 Å². The molecular weight excluding hydrogens is 200 g/mol. The summed E-state index contributed by atoms with van der Waals surface area (Å²) in [5.74, 6) is 0. The second-order valence-corrected chi connectivity index (χ2v) is 4.49. The van der Waals surface area contributed by atoms with E-state index in [1.54, 1.807) is 18.4 Å². The SMILES string of the molecule is COc1cc2c(S)cc(C)cc2s1. The van der Waals surface area contributed by atoms with Gasteiger partial charge in [0, 0.05) is 21.0 Å². The molecule has 2 aromatic rings. The zero-order valence-corrected chi connectivity index (χ0v) is 9.21. The molecular formula is C10H10OS2. The zero-order valence-electron chi connectivity index (χ0n) is 7.50. The lowest BCUT2D eigenvalue weighted by molar-refractivity contribution is 0.427. The van der Waals surface area contributed by atoms with Crippen molar-refractivity contribution in [3.05, 3.63) is 23.8 Å². The van der Waals surface area contributed by atoms with E-state index in [2.05, 4.69) is 31.7 Å². The van der Waals surface area contributed by atoms with Crippen LogP contribution in [-0.2, 0) is 0 Å². The molecule has 0 atom stereocenters. The number of thiophene rings is 1. The first kappa shape index (κ1) is 8.91. The van der Waals surface area contributed by atoms with Gasteiger partial charge in [-0.1, -0.05) is 11.3 Å². The Kier molecular flexibility index (Phi) is 2.22. The van der Waals surface area contributed by atoms with E-state index in [1.165, 1.54) is 15.6 Å². The Morgan fingerprint density at radius 1 is 1.31 bits per heavy atom. The lowest BCUT2D eigenvalue weighted by Gasteiger charge is -1.96. The van der Waals surface area contributed by atoms with Gasteiger partial charge in [-0.3, -0.25) is 0 Å². The predicted molar refractivity (Wildman–Crippen MR) is 60.4 cm³/mol. The fourth-order valence-corrected chi connectivity index (χ4v) is 2.80. The second kappa shape index (κ2) is 3.24. The molecule has 0 fully saturated rings. The number of aryl methyl sites for hydroxylation is 1. The van der Waals surface area contributed by atoms with Crippen LogP contribution >= 0.6 is 24.0 Å². The molecule has 2 rings (SSSR count). The summed E-state index contributed by atoms with van der Waals surface area (Å²) in [5.41, 5.74) is 1.24. The highest BCUT2D eigenvalue weighted by Crippen LogP contribution is 2.35. The number of thiol groups is 1. The lowest BCUT2D eigenvalue weighted by Crippen LogP contribution is -1.74. The van der Waals surface area contributed by atoms with Crippen LogP contribution in [0.5, 0.6) is 5.06 Å². The van der Waals surface area contributed by atoms with Gasteiger partial charge in [0.25, 0.3) is 0 Å². The molecule has 0 amide bonds. The van der Waals surface area contributed by atoms with Gasteiger partial charge in [-0.25, -0.2) is 0 Å². The number of rotatable bonds is 1. The van der Waals surface area contributed by atoms with Crippen molar-refractivity contribution in [3.8, 4) is 5.06 Å². The Labute approximate surface area is 86.8 Å². The van der Waals surface area contributed by atoms with Crippen LogP contribution in [-0.4, -0.2) is 7.11 Å². The maximum Gasteiger partial charge on any atom is 0.174 e. The predicted octanol–water partition coefficient (Wildman–Crippen LogP) is 3.51. The zero-order chi connectivity index (χ0) is 9.42.